The van der Waals surface area contributed by atoms with Gasteiger partial charge in [-0.25, -0.2) is 8.42 Å². The fourth-order valence-electron chi connectivity index (χ4n) is 1.32. The highest BCUT2D eigenvalue weighted by atomic mass is 35.5. The fraction of sp³-hybridized carbons (Fsp3) is 0.111. The van der Waals surface area contributed by atoms with Crippen LogP contribution in [0.5, 0.6) is 0 Å². The van der Waals surface area contributed by atoms with Crippen LogP contribution in [0.2, 0.25) is 4.34 Å². The Kier molecular flexibility index (Phi) is 2.62. The van der Waals surface area contributed by atoms with Gasteiger partial charge in [-0.15, -0.1) is 11.3 Å². The van der Waals surface area contributed by atoms with Gasteiger partial charge in [0.2, 0.25) is 10.0 Å². The Morgan fingerprint density at radius 2 is 2.13 bits per heavy atom. The van der Waals surface area contributed by atoms with Gasteiger partial charge in [-0.3, -0.25) is 4.72 Å². The average Bonchev–Trinajstić information content (AvgIpc) is 2.43. The molecule has 0 bridgehead atoms. The minimum Gasteiger partial charge on any atom is -0.283 e. The maximum atomic E-state index is 11.1. The molecule has 2 aromatic rings. The van der Waals surface area contributed by atoms with Crippen LogP contribution in [-0.2, 0) is 10.0 Å². The van der Waals surface area contributed by atoms with Gasteiger partial charge in [0.25, 0.3) is 0 Å². The first-order valence-corrected chi connectivity index (χ1v) is 7.20. The zero-order chi connectivity index (χ0) is 11.1. The zero-order valence-electron chi connectivity index (χ0n) is 7.82. The molecule has 0 amide bonds. The Balaban J connectivity index is 2.60. The van der Waals surface area contributed by atoms with Crippen LogP contribution in [0, 0.1) is 0 Å². The topological polar surface area (TPSA) is 46.2 Å². The highest BCUT2D eigenvalue weighted by Crippen LogP contribution is 2.34. The summed E-state index contributed by atoms with van der Waals surface area (Å²) in [6, 6.07) is 7.17. The van der Waals surface area contributed by atoms with E-state index in [9.17, 15) is 8.42 Å². The number of halogens is 1. The van der Waals surface area contributed by atoms with Crippen molar-refractivity contribution >= 4 is 48.7 Å². The highest BCUT2D eigenvalue weighted by Gasteiger charge is 2.08. The summed E-state index contributed by atoms with van der Waals surface area (Å²) in [7, 11) is -3.25. The second-order valence-corrected chi connectivity index (χ2v) is 6.61. The molecule has 3 nitrogen and oxygen atoms in total. The second kappa shape index (κ2) is 3.66. The third-order valence-electron chi connectivity index (χ3n) is 1.83. The molecule has 15 heavy (non-hydrogen) atoms. The molecule has 2 rings (SSSR count). The Morgan fingerprint density at radius 1 is 1.40 bits per heavy atom. The van der Waals surface area contributed by atoms with Crippen LogP contribution in [0.1, 0.15) is 0 Å². The van der Waals surface area contributed by atoms with E-state index in [0.717, 1.165) is 16.3 Å². The van der Waals surface area contributed by atoms with Crippen molar-refractivity contribution in [2.24, 2.45) is 0 Å². The number of anilines is 1. The number of benzene rings is 1. The van der Waals surface area contributed by atoms with Crippen molar-refractivity contribution in [2.75, 3.05) is 11.0 Å². The Bertz CT molecular complexity index is 604. The molecule has 1 heterocycles. The van der Waals surface area contributed by atoms with Gasteiger partial charge in [0.05, 0.1) is 16.3 Å². The standard InChI is InChI=1S/C9H8ClNO2S2/c1-15(12,13)11-7-3-2-4-8-6(7)5-9(10)14-8/h2-5,11H,1H3. The molecule has 1 N–H and O–H groups in total. The molecule has 0 aliphatic rings. The van der Waals surface area contributed by atoms with Gasteiger partial charge in [-0.1, -0.05) is 17.7 Å². The minimum atomic E-state index is -3.25. The SMILES string of the molecule is CS(=O)(=O)Nc1cccc2sc(Cl)cc12. The second-order valence-electron chi connectivity index (χ2n) is 3.14. The predicted molar refractivity (Wildman–Crippen MR) is 65.3 cm³/mol. The number of thiophene rings is 1. The van der Waals surface area contributed by atoms with Crippen LogP contribution in [-0.4, -0.2) is 14.7 Å². The highest BCUT2D eigenvalue weighted by molar-refractivity contribution is 7.92. The summed E-state index contributed by atoms with van der Waals surface area (Å²) in [5.41, 5.74) is 0.568. The van der Waals surface area contributed by atoms with Crippen LogP contribution in [0.4, 0.5) is 5.69 Å². The summed E-state index contributed by atoms with van der Waals surface area (Å²) in [6.07, 6.45) is 1.12. The molecule has 1 aromatic heterocycles. The predicted octanol–water partition coefficient (Wildman–Crippen LogP) is 2.93. The first kappa shape index (κ1) is 10.7. The van der Waals surface area contributed by atoms with E-state index in [1.54, 1.807) is 18.2 Å². The monoisotopic (exact) mass is 261 g/mol. The van der Waals surface area contributed by atoms with Crippen molar-refractivity contribution in [3.8, 4) is 0 Å². The van der Waals surface area contributed by atoms with E-state index in [0.29, 0.717) is 10.0 Å². The quantitative estimate of drug-likeness (QED) is 0.904. The van der Waals surface area contributed by atoms with Crippen molar-refractivity contribution in [1.29, 1.82) is 0 Å². The Morgan fingerprint density at radius 3 is 2.80 bits per heavy atom. The number of rotatable bonds is 2. The van der Waals surface area contributed by atoms with Crippen LogP contribution in [0.3, 0.4) is 0 Å². The van der Waals surface area contributed by atoms with Crippen LogP contribution in [0.25, 0.3) is 10.1 Å². The summed E-state index contributed by atoms with van der Waals surface area (Å²) in [5.74, 6) is 0. The fourth-order valence-corrected chi connectivity index (χ4v) is 3.07. The molecular weight excluding hydrogens is 254 g/mol. The minimum absolute atomic E-state index is 0.568. The van der Waals surface area contributed by atoms with Gasteiger partial charge in [0.1, 0.15) is 0 Å². The number of hydrogen-bond donors (Lipinski definition) is 1. The van der Waals surface area contributed by atoms with E-state index in [2.05, 4.69) is 4.72 Å². The maximum absolute atomic E-state index is 11.1. The molecule has 0 radical (unpaired) electrons. The summed E-state index contributed by atoms with van der Waals surface area (Å²) in [5, 5.41) is 0.831. The molecule has 0 fully saturated rings. The first-order chi connectivity index (χ1) is 6.96. The molecule has 0 spiro atoms. The normalized spacial score (nSPS) is 11.9. The molecule has 0 aliphatic heterocycles. The molecule has 80 valence electrons. The Hall–Kier alpha value is -0.780. The van der Waals surface area contributed by atoms with Crippen LogP contribution >= 0.6 is 22.9 Å². The molecule has 1 aromatic carbocycles. The van der Waals surface area contributed by atoms with E-state index in [4.69, 9.17) is 11.6 Å². The number of nitrogens with one attached hydrogen (secondary N) is 1. The molecular formula is C9H8ClNO2S2. The third kappa shape index (κ3) is 2.42. The van der Waals surface area contributed by atoms with E-state index >= 15 is 0 Å². The lowest BCUT2D eigenvalue weighted by atomic mass is 10.2. The number of hydrogen-bond acceptors (Lipinski definition) is 3. The van der Waals surface area contributed by atoms with Crippen molar-refractivity contribution in [3.05, 3.63) is 28.6 Å². The van der Waals surface area contributed by atoms with E-state index < -0.39 is 10.0 Å². The van der Waals surface area contributed by atoms with Gasteiger partial charge >= 0.3 is 0 Å². The number of fused-ring (bicyclic) bond motifs is 1. The largest absolute Gasteiger partial charge is 0.283 e. The van der Waals surface area contributed by atoms with Crippen molar-refractivity contribution in [3.63, 3.8) is 0 Å². The van der Waals surface area contributed by atoms with Gasteiger partial charge in [-0.2, -0.15) is 0 Å². The zero-order valence-corrected chi connectivity index (χ0v) is 10.2. The summed E-state index contributed by atoms with van der Waals surface area (Å²) < 4.78 is 26.3. The first-order valence-electron chi connectivity index (χ1n) is 4.11. The Labute approximate surface area is 96.7 Å². The van der Waals surface area contributed by atoms with Crippen LogP contribution in [0.15, 0.2) is 24.3 Å². The van der Waals surface area contributed by atoms with E-state index in [-0.39, 0.29) is 0 Å². The molecule has 0 saturated carbocycles. The third-order valence-corrected chi connectivity index (χ3v) is 3.65. The van der Waals surface area contributed by atoms with Crippen molar-refractivity contribution < 1.29 is 8.42 Å². The summed E-state index contributed by atoms with van der Waals surface area (Å²) in [6.45, 7) is 0. The molecule has 0 unspecified atom stereocenters. The lowest BCUT2D eigenvalue weighted by Gasteiger charge is -2.04. The smallest absolute Gasteiger partial charge is 0.229 e. The molecule has 0 atom stereocenters. The molecule has 0 saturated heterocycles. The summed E-state index contributed by atoms with van der Waals surface area (Å²) >= 11 is 7.29. The summed E-state index contributed by atoms with van der Waals surface area (Å²) in [4.78, 5) is 0. The maximum Gasteiger partial charge on any atom is 0.229 e. The van der Waals surface area contributed by atoms with Crippen LogP contribution < -0.4 is 4.72 Å². The molecule has 6 heteroatoms. The lowest BCUT2D eigenvalue weighted by Crippen LogP contribution is -2.09. The van der Waals surface area contributed by atoms with Crippen molar-refractivity contribution in [1.82, 2.24) is 0 Å². The van der Waals surface area contributed by atoms with E-state index in [1.807, 2.05) is 6.07 Å². The van der Waals surface area contributed by atoms with Gasteiger partial charge in [-0.05, 0) is 18.2 Å². The van der Waals surface area contributed by atoms with Gasteiger partial charge in [0, 0.05) is 10.1 Å². The van der Waals surface area contributed by atoms with E-state index in [1.165, 1.54) is 11.3 Å². The lowest BCUT2D eigenvalue weighted by molar-refractivity contribution is 0.607. The van der Waals surface area contributed by atoms with Gasteiger partial charge < -0.3 is 0 Å². The average molecular weight is 262 g/mol. The van der Waals surface area contributed by atoms with Gasteiger partial charge in [0.15, 0.2) is 0 Å². The number of sulfonamides is 1. The van der Waals surface area contributed by atoms with Crippen molar-refractivity contribution in [2.45, 2.75) is 0 Å². The molecule has 0 aliphatic carbocycles.